The molecule has 12 heavy (non-hydrogen) atoms. The molecule has 0 spiro atoms. The zero-order chi connectivity index (χ0) is 9.14. The lowest BCUT2D eigenvalue weighted by molar-refractivity contribution is 0.194. The Balaban J connectivity index is 2.58. The minimum atomic E-state index is -1.04. The Morgan fingerprint density at radius 2 is 2.58 bits per heavy atom. The summed E-state index contributed by atoms with van der Waals surface area (Å²) < 4.78 is 2.45. The second-order valence-corrected chi connectivity index (χ2v) is 3.05. The number of aromatic nitrogens is 2. The molecule has 0 bridgehead atoms. The third-order valence-corrected chi connectivity index (χ3v) is 2.04. The SMILES string of the molecule is Cn1nc(CNC(=O)O)cc1Br. The number of amides is 1. The summed E-state index contributed by atoms with van der Waals surface area (Å²) in [4.78, 5) is 10.1. The molecule has 2 N–H and O–H groups in total. The summed E-state index contributed by atoms with van der Waals surface area (Å²) in [6.07, 6.45) is -1.04. The van der Waals surface area contributed by atoms with Gasteiger partial charge in [0.2, 0.25) is 0 Å². The highest BCUT2D eigenvalue weighted by Gasteiger charge is 2.02. The number of rotatable bonds is 2. The van der Waals surface area contributed by atoms with Crippen molar-refractivity contribution < 1.29 is 9.90 Å². The van der Waals surface area contributed by atoms with E-state index in [0.29, 0.717) is 5.69 Å². The number of hydrogen-bond donors (Lipinski definition) is 2. The fourth-order valence-corrected chi connectivity index (χ4v) is 1.10. The van der Waals surface area contributed by atoms with Crippen LogP contribution in [0.4, 0.5) is 4.79 Å². The summed E-state index contributed by atoms with van der Waals surface area (Å²) >= 11 is 3.25. The molecule has 1 amide bonds. The van der Waals surface area contributed by atoms with E-state index < -0.39 is 6.09 Å². The van der Waals surface area contributed by atoms with Gasteiger partial charge in [-0.15, -0.1) is 0 Å². The summed E-state index contributed by atoms with van der Waals surface area (Å²) in [5, 5.41) is 14.5. The monoisotopic (exact) mass is 233 g/mol. The highest BCUT2D eigenvalue weighted by Crippen LogP contribution is 2.09. The second-order valence-electron chi connectivity index (χ2n) is 2.24. The smallest absolute Gasteiger partial charge is 0.404 e. The lowest BCUT2D eigenvalue weighted by Crippen LogP contribution is -2.20. The van der Waals surface area contributed by atoms with Gasteiger partial charge in [-0.1, -0.05) is 0 Å². The van der Waals surface area contributed by atoms with Crippen LogP contribution >= 0.6 is 15.9 Å². The van der Waals surface area contributed by atoms with Crippen LogP contribution in [0.2, 0.25) is 0 Å². The van der Waals surface area contributed by atoms with E-state index in [1.807, 2.05) is 0 Å². The fraction of sp³-hybridized carbons (Fsp3) is 0.333. The second kappa shape index (κ2) is 3.57. The lowest BCUT2D eigenvalue weighted by Gasteiger charge is -1.94. The van der Waals surface area contributed by atoms with Crippen LogP contribution in [0.3, 0.4) is 0 Å². The number of carbonyl (C=O) groups is 1. The summed E-state index contributed by atoms with van der Waals surface area (Å²) in [6, 6.07) is 1.76. The number of aryl methyl sites for hydroxylation is 1. The summed E-state index contributed by atoms with van der Waals surface area (Å²) in [5.74, 6) is 0. The number of hydrogen-bond acceptors (Lipinski definition) is 2. The van der Waals surface area contributed by atoms with E-state index in [-0.39, 0.29) is 6.54 Å². The van der Waals surface area contributed by atoms with Crippen LogP contribution in [0.15, 0.2) is 10.7 Å². The van der Waals surface area contributed by atoms with Crippen molar-refractivity contribution in [1.29, 1.82) is 0 Å². The maximum absolute atomic E-state index is 10.1. The molecule has 0 aromatic carbocycles. The minimum Gasteiger partial charge on any atom is -0.465 e. The Kier molecular flexibility index (Phi) is 2.69. The van der Waals surface area contributed by atoms with E-state index >= 15 is 0 Å². The third kappa shape index (κ3) is 2.23. The van der Waals surface area contributed by atoms with Crippen molar-refractivity contribution in [2.75, 3.05) is 0 Å². The lowest BCUT2D eigenvalue weighted by atomic mass is 10.4. The first-order valence-electron chi connectivity index (χ1n) is 3.25. The Labute approximate surface area is 77.5 Å². The maximum Gasteiger partial charge on any atom is 0.404 e. The maximum atomic E-state index is 10.1. The molecule has 5 nitrogen and oxygen atoms in total. The summed E-state index contributed by atoms with van der Waals surface area (Å²) in [6.45, 7) is 0.231. The van der Waals surface area contributed by atoms with Crippen LogP contribution in [0.1, 0.15) is 5.69 Å². The van der Waals surface area contributed by atoms with Crippen LogP contribution in [0, 0.1) is 0 Å². The number of carboxylic acid groups (broad SMARTS) is 1. The molecule has 0 radical (unpaired) electrons. The third-order valence-electron chi connectivity index (χ3n) is 1.29. The van der Waals surface area contributed by atoms with Gasteiger partial charge in [-0.3, -0.25) is 4.68 Å². The summed E-state index contributed by atoms with van der Waals surface area (Å²) in [5.41, 5.74) is 0.687. The van der Waals surface area contributed by atoms with E-state index in [2.05, 4.69) is 26.3 Å². The van der Waals surface area contributed by atoms with Crippen LogP contribution in [-0.4, -0.2) is 21.0 Å². The predicted octanol–water partition coefficient (Wildman–Crippen LogP) is 0.950. The molecule has 0 unspecified atom stereocenters. The molecule has 0 atom stereocenters. The molecule has 0 aliphatic heterocycles. The topological polar surface area (TPSA) is 67.2 Å². The fourth-order valence-electron chi connectivity index (χ4n) is 0.753. The first kappa shape index (κ1) is 9.05. The van der Waals surface area contributed by atoms with Gasteiger partial charge in [0.05, 0.1) is 12.2 Å². The van der Waals surface area contributed by atoms with E-state index in [4.69, 9.17) is 5.11 Å². The van der Waals surface area contributed by atoms with E-state index in [9.17, 15) is 4.79 Å². The van der Waals surface area contributed by atoms with Crippen molar-refractivity contribution in [3.8, 4) is 0 Å². The van der Waals surface area contributed by atoms with Gasteiger partial charge in [-0.25, -0.2) is 4.79 Å². The van der Waals surface area contributed by atoms with Crippen LogP contribution in [0.5, 0.6) is 0 Å². The van der Waals surface area contributed by atoms with Gasteiger partial charge in [-0.05, 0) is 22.0 Å². The molecule has 0 saturated heterocycles. The largest absolute Gasteiger partial charge is 0.465 e. The molecule has 1 rings (SSSR count). The predicted molar refractivity (Wildman–Crippen MR) is 45.8 cm³/mol. The van der Waals surface area contributed by atoms with Gasteiger partial charge in [0.1, 0.15) is 4.60 Å². The Hall–Kier alpha value is -1.04. The number of halogens is 1. The van der Waals surface area contributed by atoms with Gasteiger partial charge < -0.3 is 10.4 Å². The Morgan fingerprint density at radius 3 is 3.00 bits per heavy atom. The van der Waals surface area contributed by atoms with E-state index in [1.54, 1.807) is 17.8 Å². The molecule has 1 heterocycles. The van der Waals surface area contributed by atoms with Crippen LogP contribution < -0.4 is 5.32 Å². The molecule has 0 aliphatic carbocycles. The quantitative estimate of drug-likeness (QED) is 0.800. The molecular formula is C6H8BrN3O2. The molecule has 6 heteroatoms. The summed E-state index contributed by atoms with van der Waals surface area (Å²) in [7, 11) is 1.77. The van der Waals surface area contributed by atoms with Crippen molar-refractivity contribution >= 4 is 22.0 Å². The highest BCUT2D eigenvalue weighted by atomic mass is 79.9. The minimum absolute atomic E-state index is 0.231. The number of nitrogens with zero attached hydrogens (tertiary/aromatic N) is 2. The van der Waals surface area contributed by atoms with E-state index in [1.165, 1.54) is 0 Å². The number of nitrogens with one attached hydrogen (secondary N) is 1. The standard InChI is InChI=1S/C6H8BrN3O2/c1-10-5(7)2-4(9-10)3-8-6(11)12/h2,8H,3H2,1H3,(H,11,12). The van der Waals surface area contributed by atoms with Gasteiger partial charge in [0.25, 0.3) is 0 Å². The normalized spacial score (nSPS) is 9.83. The van der Waals surface area contributed by atoms with Gasteiger partial charge in [-0.2, -0.15) is 5.10 Å². The van der Waals surface area contributed by atoms with Gasteiger partial charge in [0, 0.05) is 7.05 Å². The molecule has 1 aromatic rings. The first-order chi connectivity index (χ1) is 5.59. The van der Waals surface area contributed by atoms with Crippen molar-refractivity contribution in [2.45, 2.75) is 6.54 Å². The van der Waals surface area contributed by atoms with Crippen molar-refractivity contribution in [2.24, 2.45) is 7.05 Å². The average molecular weight is 234 g/mol. The van der Waals surface area contributed by atoms with Gasteiger partial charge >= 0.3 is 6.09 Å². The first-order valence-corrected chi connectivity index (χ1v) is 4.04. The molecule has 66 valence electrons. The molecular weight excluding hydrogens is 226 g/mol. The highest BCUT2D eigenvalue weighted by molar-refractivity contribution is 9.10. The molecule has 1 aromatic heterocycles. The zero-order valence-electron chi connectivity index (χ0n) is 6.41. The van der Waals surface area contributed by atoms with Crippen molar-refractivity contribution in [1.82, 2.24) is 15.1 Å². The Morgan fingerprint density at radius 1 is 1.92 bits per heavy atom. The Bertz CT molecular complexity index is 277. The van der Waals surface area contributed by atoms with Crippen LogP contribution in [-0.2, 0) is 13.6 Å². The zero-order valence-corrected chi connectivity index (χ0v) is 8.00. The van der Waals surface area contributed by atoms with Crippen molar-refractivity contribution in [3.05, 3.63) is 16.4 Å². The molecule has 0 saturated carbocycles. The average Bonchev–Trinajstić information content (AvgIpc) is 2.28. The van der Waals surface area contributed by atoms with Crippen LogP contribution in [0.25, 0.3) is 0 Å². The van der Waals surface area contributed by atoms with Crippen molar-refractivity contribution in [3.63, 3.8) is 0 Å². The molecule has 0 fully saturated rings. The molecule has 0 aliphatic rings. The van der Waals surface area contributed by atoms with Gasteiger partial charge in [0.15, 0.2) is 0 Å². The van der Waals surface area contributed by atoms with E-state index in [0.717, 1.165) is 4.60 Å².